The molecule has 0 atom stereocenters. The number of hydrogen-bond acceptors (Lipinski definition) is 2. The SMILES string of the molecule is C/N=C/c1[nH][nH]c1-c1cccn1Cc1cccc(OC(F)(F)F)c1. The number of aromatic nitrogens is 3. The molecule has 0 aliphatic heterocycles. The molecule has 0 aliphatic rings. The lowest BCUT2D eigenvalue weighted by Crippen LogP contribution is -2.17. The first-order valence-electron chi connectivity index (χ1n) is 7.15. The monoisotopic (exact) mass is 336 g/mol. The number of nitrogens with one attached hydrogen (secondary N) is 2. The van der Waals surface area contributed by atoms with E-state index in [0.29, 0.717) is 12.1 Å². The van der Waals surface area contributed by atoms with E-state index in [1.807, 2.05) is 22.9 Å². The van der Waals surface area contributed by atoms with Crippen LogP contribution in [0, 0.1) is 0 Å². The number of halogens is 3. The molecule has 8 heteroatoms. The molecule has 1 aromatic carbocycles. The normalized spacial score (nSPS) is 12.2. The molecule has 126 valence electrons. The average molecular weight is 336 g/mol. The third-order valence-electron chi connectivity index (χ3n) is 3.42. The molecule has 2 aromatic heterocycles. The number of aromatic amines is 2. The van der Waals surface area contributed by atoms with Gasteiger partial charge < -0.3 is 9.30 Å². The van der Waals surface area contributed by atoms with E-state index in [9.17, 15) is 13.2 Å². The van der Waals surface area contributed by atoms with Crippen LogP contribution in [-0.2, 0) is 6.54 Å². The number of ether oxygens (including phenoxy) is 1. The number of aliphatic imine (C=N–C) groups is 1. The van der Waals surface area contributed by atoms with Gasteiger partial charge in [-0.3, -0.25) is 15.2 Å². The molecule has 0 fully saturated rings. The zero-order valence-corrected chi connectivity index (χ0v) is 12.8. The number of H-pyrrole nitrogens is 2. The Bertz CT molecular complexity index is 842. The molecule has 3 aromatic rings. The minimum Gasteiger partial charge on any atom is -0.406 e. The van der Waals surface area contributed by atoms with Gasteiger partial charge in [-0.25, -0.2) is 0 Å². The smallest absolute Gasteiger partial charge is 0.406 e. The number of benzene rings is 1. The van der Waals surface area contributed by atoms with Gasteiger partial charge in [-0.15, -0.1) is 13.2 Å². The maximum atomic E-state index is 12.3. The van der Waals surface area contributed by atoms with Crippen molar-refractivity contribution in [1.29, 1.82) is 0 Å². The fourth-order valence-corrected chi connectivity index (χ4v) is 2.44. The Morgan fingerprint density at radius 2 is 2.04 bits per heavy atom. The van der Waals surface area contributed by atoms with E-state index in [1.54, 1.807) is 19.3 Å². The van der Waals surface area contributed by atoms with Crippen LogP contribution in [0.2, 0.25) is 0 Å². The fraction of sp³-hybridized carbons (Fsp3) is 0.188. The van der Waals surface area contributed by atoms with Crippen LogP contribution in [0.3, 0.4) is 0 Å². The van der Waals surface area contributed by atoms with Crippen molar-refractivity contribution in [1.82, 2.24) is 14.8 Å². The van der Waals surface area contributed by atoms with Crippen molar-refractivity contribution in [2.24, 2.45) is 4.99 Å². The highest BCUT2D eigenvalue weighted by atomic mass is 19.4. The van der Waals surface area contributed by atoms with Gasteiger partial charge >= 0.3 is 6.36 Å². The van der Waals surface area contributed by atoms with E-state index in [0.717, 1.165) is 17.1 Å². The zero-order valence-electron chi connectivity index (χ0n) is 12.8. The summed E-state index contributed by atoms with van der Waals surface area (Å²) in [5.41, 5.74) is 3.35. The standard InChI is InChI=1S/C16H15F3N4O/c1-20-9-13-15(22-21-13)14-6-3-7-23(14)10-11-4-2-5-12(8-11)24-16(17,18)19/h2-9,21-22H,10H2,1H3/b20-9+. The van der Waals surface area contributed by atoms with Crippen LogP contribution in [0.5, 0.6) is 5.75 Å². The molecule has 0 saturated heterocycles. The summed E-state index contributed by atoms with van der Waals surface area (Å²) in [4.78, 5) is 3.96. The predicted molar refractivity (Wildman–Crippen MR) is 84.3 cm³/mol. The van der Waals surface area contributed by atoms with Crippen LogP contribution in [0.4, 0.5) is 13.2 Å². The lowest BCUT2D eigenvalue weighted by atomic mass is 10.2. The topological polar surface area (TPSA) is 58.1 Å². The van der Waals surface area contributed by atoms with Gasteiger partial charge in [-0.05, 0) is 29.8 Å². The van der Waals surface area contributed by atoms with Crippen molar-refractivity contribution in [3.63, 3.8) is 0 Å². The van der Waals surface area contributed by atoms with Gasteiger partial charge in [0.15, 0.2) is 0 Å². The quantitative estimate of drug-likeness (QED) is 0.684. The molecule has 0 radical (unpaired) electrons. The van der Waals surface area contributed by atoms with Crippen LogP contribution in [-0.4, -0.2) is 34.4 Å². The molecule has 3 rings (SSSR count). The van der Waals surface area contributed by atoms with E-state index < -0.39 is 6.36 Å². The lowest BCUT2D eigenvalue weighted by Gasteiger charge is -2.15. The van der Waals surface area contributed by atoms with Crippen LogP contribution in [0.15, 0.2) is 47.6 Å². The second-order valence-corrected chi connectivity index (χ2v) is 5.14. The molecule has 0 bridgehead atoms. The lowest BCUT2D eigenvalue weighted by molar-refractivity contribution is -0.274. The molecule has 0 aliphatic carbocycles. The first-order chi connectivity index (χ1) is 11.5. The summed E-state index contributed by atoms with van der Waals surface area (Å²) in [5.74, 6) is -0.227. The van der Waals surface area contributed by atoms with E-state index >= 15 is 0 Å². The van der Waals surface area contributed by atoms with Crippen molar-refractivity contribution >= 4 is 6.21 Å². The molecule has 2 heterocycles. The van der Waals surface area contributed by atoms with Crippen molar-refractivity contribution in [2.75, 3.05) is 7.05 Å². The highest BCUT2D eigenvalue weighted by molar-refractivity contribution is 5.86. The number of alkyl halides is 3. The van der Waals surface area contributed by atoms with Crippen LogP contribution < -0.4 is 4.74 Å². The summed E-state index contributed by atoms with van der Waals surface area (Å²) in [6, 6.07) is 9.75. The first kappa shape index (κ1) is 16.0. The van der Waals surface area contributed by atoms with Gasteiger partial charge in [0.1, 0.15) is 11.4 Å². The van der Waals surface area contributed by atoms with Gasteiger partial charge in [0, 0.05) is 26.0 Å². The molecule has 2 N–H and O–H groups in total. The van der Waals surface area contributed by atoms with Gasteiger partial charge in [0.2, 0.25) is 0 Å². The molecular formula is C16H15F3N4O. The summed E-state index contributed by atoms with van der Waals surface area (Å²) in [6.07, 6.45) is -1.14. The summed E-state index contributed by atoms with van der Waals surface area (Å²) in [5, 5.41) is 5.93. The summed E-state index contributed by atoms with van der Waals surface area (Å²) >= 11 is 0. The molecule has 0 unspecified atom stereocenters. The highest BCUT2D eigenvalue weighted by Gasteiger charge is 2.31. The number of rotatable bonds is 5. The highest BCUT2D eigenvalue weighted by Crippen LogP contribution is 2.25. The summed E-state index contributed by atoms with van der Waals surface area (Å²) in [7, 11) is 1.68. The van der Waals surface area contributed by atoms with E-state index in [2.05, 4.69) is 19.9 Å². The van der Waals surface area contributed by atoms with Gasteiger partial charge in [0.05, 0.1) is 11.4 Å². The van der Waals surface area contributed by atoms with Gasteiger partial charge in [-0.2, -0.15) is 0 Å². The predicted octanol–water partition coefficient (Wildman–Crippen LogP) is 3.81. The minimum atomic E-state index is -4.70. The summed E-state index contributed by atoms with van der Waals surface area (Å²) in [6.45, 7) is 0.416. The molecule has 5 nitrogen and oxygen atoms in total. The zero-order chi connectivity index (χ0) is 17.2. The fourth-order valence-electron chi connectivity index (χ4n) is 2.44. The van der Waals surface area contributed by atoms with E-state index in [1.165, 1.54) is 18.2 Å². The Balaban J connectivity index is 1.82. The Hall–Kier alpha value is -2.90. The second-order valence-electron chi connectivity index (χ2n) is 5.14. The van der Waals surface area contributed by atoms with Crippen molar-refractivity contribution in [3.8, 4) is 17.1 Å². The number of nitrogens with zero attached hydrogens (tertiary/aromatic N) is 2. The second kappa shape index (κ2) is 6.31. The Morgan fingerprint density at radius 1 is 1.21 bits per heavy atom. The van der Waals surface area contributed by atoms with Crippen LogP contribution in [0.1, 0.15) is 11.3 Å². The van der Waals surface area contributed by atoms with Gasteiger partial charge in [0.25, 0.3) is 0 Å². The third kappa shape index (κ3) is 3.53. The Kier molecular flexibility index (Phi) is 4.20. The van der Waals surface area contributed by atoms with E-state index in [4.69, 9.17) is 0 Å². The van der Waals surface area contributed by atoms with Crippen molar-refractivity contribution in [2.45, 2.75) is 12.9 Å². The molecule has 0 spiro atoms. The minimum absolute atomic E-state index is 0.227. The average Bonchev–Trinajstić information content (AvgIpc) is 2.90. The molecule has 24 heavy (non-hydrogen) atoms. The van der Waals surface area contributed by atoms with Gasteiger partial charge in [-0.1, -0.05) is 12.1 Å². The molecular weight excluding hydrogens is 321 g/mol. The van der Waals surface area contributed by atoms with Crippen LogP contribution in [0.25, 0.3) is 11.4 Å². The Morgan fingerprint density at radius 3 is 2.71 bits per heavy atom. The maximum absolute atomic E-state index is 12.3. The van der Waals surface area contributed by atoms with Crippen molar-refractivity contribution in [3.05, 3.63) is 53.9 Å². The first-order valence-corrected chi connectivity index (χ1v) is 7.15. The summed E-state index contributed by atoms with van der Waals surface area (Å²) < 4.78 is 42.9. The Labute approximate surface area is 135 Å². The van der Waals surface area contributed by atoms with E-state index in [-0.39, 0.29) is 5.75 Å². The molecule has 0 saturated carbocycles. The largest absolute Gasteiger partial charge is 0.573 e. The van der Waals surface area contributed by atoms with Crippen molar-refractivity contribution < 1.29 is 17.9 Å². The molecule has 0 amide bonds. The van der Waals surface area contributed by atoms with Crippen LogP contribution >= 0.6 is 0 Å². The maximum Gasteiger partial charge on any atom is 0.573 e. The third-order valence-corrected chi connectivity index (χ3v) is 3.42. The number of hydrogen-bond donors (Lipinski definition) is 2.